The molecule has 0 radical (unpaired) electrons. The maximum Gasteiger partial charge on any atom is 0.255 e. The molecule has 4 nitrogen and oxygen atoms in total. The van der Waals surface area contributed by atoms with E-state index in [1.165, 1.54) is 0 Å². The predicted molar refractivity (Wildman–Crippen MR) is 85.7 cm³/mol. The molecular formula is C15H19BrClNO3. The van der Waals surface area contributed by atoms with Gasteiger partial charge < -0.3 is 14.7 Å². The number of nitrogens with zero attached hydrogens (tertiary/aromatic N) is 1. The third-order valence-corrected chi connectivity index (χ3v) is 4.35. The summed E-state index contributed by atoms with van der Waals surface area (Å²) in [6, 6.07) is 5.31. The highest BCUT2D eigenvalue weighted by molar-refractivity contribution is 9.10. The smallest absolute Gasteiger partial charge is 0.255 e. The maximum atomic E-state index is 12.5. The Morgan fingerprint density at radius 3 is 2.76 bits per heavy atom. The number of benzene rings is 1. The molecule has 0 aliphatic carbocycles. The lowest BCUT2D eigenvalue weighted by molar-refractivity contribution is 0.00398. The Morgan fingerprint density at radius 1 is 1.43 bits per heavy atom. The van der Waals surface area contributed by atoms with Crippen LogP contribution >= 0.6 is 27.5 Å². The first kappa shape index (κ1) is 16.7. The zero-order valence-corrected chi connectivity index (χ0v) is 14.1. The van der Waals surface area contributed by atoms with E-state index in [1.807, 2.05) is 11.0 Å². The molecule has 0 unspecified atom stereocenters. The maximum absolute atomic E-state index is 12.5. The number of amides is 1. The van der Waals surface area contributed by atoms with Gasteiger partial charge in [-0.1, -0.05) is 27.5 Å². The quantitative estimate of drug-likeness (QED) is 0.803. The molecule has 116 valence electrons. The van der Waals surface area contributed by atoms with Crippen LogP contribution in [0.25, 0.3) is 0 Å². The van der Waals surface area contributed by atoms with Gasteiger partial charge in [-0.05, 0) is 37.5 Å². The number of halogens is 2. The fraction of sp³-hybridized carbons (Fsp3) is 0.533. The third-order valence-electron chi connectivity index (χ3n) is 3.55. The van der Waals surface area contributed by atoms with Gasteiger partial charge in [0.15, 0.2) is 0 Å². The molecule has 1 aliphatic rings. The lowest BCUT2D eigenvalue weighted by atomic mass is 10.1. The molecule has 0 bridgehead atoms. The molecular weight excluding hydrogens is 358 g/mol. The van der Waals surface area contributed by atoms with Crippen molar-refractivity contribution >= 4 is 33.4 Å². The Hall–Kier alpha value is -0.620. The number of hydrogen-bond acceptors (Lipinski definition) is 3. The molecule has 0 aromatic heterocycles. The highest BCUT2D eigenvalue weighted by Gasteiger charge is 2.25. The molecule has 6 heteroatoms. The van der Waals surface area contributed by atoms with Crippen LogP contribution in [0.4, 0.5) is 0 Å². The fourth-order valence-electron chi connectivity index (χ4n) is 2.37. The molecule has 1 N–H and O–H groups in total. The van der Waals surface area contributed by atoms with Gasteiger partial charge in [0.1, 0.15) is 0 Å². The predicted octanol–water partition coefficient (Wildman–Crippen LogP) is 3.11. The molecule has 0 saturated carbocycles. The Balaban J connectivity index is 1.88. The van der Waals surface area contributed by atoms with E-state index < -0.39 is 0 Å². The van der Waals surface area contributed by atoms with E-state index in [4.69, 9.17) is 21.4 Å². The van der Waals surface area contributed by atoms with E-state index in [-0.39, 0.29) is 18.6 Å². The zero-order chi connectivity index (χ0) is 15.2. The van der Waals surface area contributed by atoms with E-state index >= 15 is 0 Å². The topological polar surface area (TPSA) is 49.8 Å². The minimum absolute atomic E-state index is 0.0266. The third kappa shape index (κ3) is 4.68. The number of carbonyl (C=O) groups excluding carboxylic acids is 1. The number of aliphatic hydroxyl groups is 1. The molecule has 1 aromatic rings. The van der Waals surface area contributed by atoms with Crippen molar-refractivity contribution in [1.29, 1.82) is 0 Å². The van der Waals surface area contributed by atoms with Crippen LogP contribution < -0.4 is 0 Å². The Kier molecular flexibility index (Phi) is 6.48. The molecule has 0 atom stereocenters. The standard InChI is InChI=1S/C15H19BrClNO3/c16-11-2-3-13(14(17)10-11)15(20)18-6-4-12(5-7-18)21-9-1-8-19/h2-3,10,12,19H,1,4-9H2. The first-order valence-electron chi connectivity index (χ1n) is 7.08. The van der Waals surface area contributed by atoms with Crippen molar-refractivity contribution in [3.05, 3.63) is 33.3 Å². The van der Waals surface area contributed by atoms with Gasteiger partial charge in [0.05, 0.1) is 16.7 Å². The van der Waals surface area contributed by atoms with Crippen LogP contribution in [-0.2, 0) is 4.74 Å². The summed E-state index contributed by atoms with van der Waals surface area (Å²) in [5, 5.41) is 9.20. The van der Waals surface area contributed by atoms with Crippen molar-refractivity contribution in [3.8, 4) is 0 Å². The lowest BCUT2D eigenvalue weighted by Gasteiger charge is -2.32. The second kappa shape index (κ2) is 8.13. The molecule has 1 amide bonds. The second-order valence-electron chi connectivity index (χ2n) is 5.06. The number of carbonyl (C=O) groups is 1. The number of piperidine rings is 1. The van der Waals surface area contributed by atoms with Crippen LogP contribution in [0.1, 0.15) is 29.6 Å². The lowest BCUT2D eigenvalue weighted by Crippen LogP contribution is -2.41. The van der Waals surface area contributed by atoms with Gasteiger partial charge in [-0.2, -0.15) is 0 Å². The summed E-state index contributed by atoms with van der Waals surface area (Å²) >= 11 is 9.47. The van der Waals surface area contributed by atoms with Crippen molar-refractivity contribution in [3.63, 3.8) is 0 Å². The monoisotopic (exact) mass is 375 g/mol. The summed E-state index contributed by atoms with van der Waals surface area (Å²) < 4.78 is 6.53. The molecule has 2 rings (SSSR count). The normalized spacial score (nSPS) is 16.2. The van der Waals surface area contributed by atoms with Crippen LogP contribution in [0.15, 0.2) is 22.7 Å². The van der Waals surface area contributed by atoms with Gasteiger partial charge in [-0.15, -0.1) is 0 Å². The van der Waals surface area contributed by atoms with E-state index in [2.05, 4.69) is 15.9 Å². The molecule has 0 spiro atoms. The molecule has 21 heavy (non-hydrogen) atoms. The van der Waals surface area contributed by atoms with E-state index in [1.54, 1.807) is 12.1 Å². The Labute approximate surface area is 138 Å². The Bertz CT molecular complexity index is 490. The first-order valence-corrected chi connectivity index (χ1v) is 8.25. The summed E-state index contributed by atoms with van der Waals surface area (Å²) in [6.07, 6.45) is 2.49. The summed E-state index contributed by atoms with van der Waals surface area (Å²) in [5.41, 5.74) is 0.541. The highest BCUT2D eigenvalue weighted by atomic mass is 79.9. The van der Waals surface area contributed by atoms with Gasteiger partial charge in [-0.25, -0.2) is 0 Å². The second-order valence-corrected chi connectivity index (χ2v) is 6.39. The molecule has 1 heterocycles. The zero-order valence-electron chi connectivity index (χ0n) is 11.7. The van der Waals surface area contributed by atoms with Gasteiger partial charge in [0.2, 0.25) is 0 Å². The first-order chi connectivity index (χ1) is 10.1. The highest BCUT2D eigenvalue weighted by Crippen LogP contribution is 2.24. The van der Waals surface area contributed by atoms with E-state index in [9.17, 15) is 4.79 Å². The van der Waals surface area contributed by atoms with Gasteiger partial charge in [0, 0.05) is 30.8 Å². The summed E-state index contributed by atoms with van der Waals surface area (Å²) in [6.45, 7) is 2.08. The average Bonchev–Trinajstić information content (AvgIpc) is 2.48. The van der Waals surface area contributed by atoms with Gasteiger partial charge >= 0.3 is 0 Å². The van der Waals surface area contributed by atoms with E-state index in [0.29, 0.717) is 36.7 Å². The molecule has 1 saturated heterocycles. The van der Waals surface area contributed by atoms with Crippen LogP contribution in [0.5, 0.6) is 0 Å². The molecule has 1 aliphatic heterocycles. The summed E-state index contributed by atoms with van der Waals surface area (Å²) in [4.78, 5) is 14.3. The number of hydrogen-bond donors (Lipinski definition) is 1. The van der Waals surface area contributed by atoms with Crippen LogP contribution in [0.2, 0.25) is 5.02 Å². The average molecular weight is 377 g/mol. The number of aliphatic hydroxyl groups excluding tert-OH is 1. The minimum Gasteiger partial charge on any atom is -0.396 e. The number of ether oxygens (including phenoxy) is 1. The minimum atomic E-state index is -0.0266. The Morgan fingerprint density at radius 2 is 2.14 bits per heavy atom. The van der Waals surface area contributed by atoms with Crippen LogP contribution in [-0.4, -0.2) is 48.3 Å². The van der Waals surface area contributed by atoms with Crippen molar-refractivity contribution in [2.45, 2.75) is 25.4 Å². The van der Waals surface area contributed by atoms with Gasteiger partial charge in [-0.3, -0.25) is 4.79 Å². The largest absolute Gasteiger partial charge is 0.396 e. The SMILES string of the molecule is O=C(c1ccc(Br)cc1Cl)N1CCC(OCCCO)CC1. The van der Waals surface area contributed by atoms with Crippen LogP contribution in [0.3, 0.4) is 0 Å². The number of rotatable bonds is 5. The molecule has 1 aromatic carbocycles. The summed E-state index contributed by atoms with van der Waals surface area (Å²) in [5.74, 6) is -0.0266. The van der Waals surface area contributed by atoms with Crippen molar-refractivity contribution in [2.24, 2.45) is 0 Å². The van der Waals surface area contributed by atoms with Crippen molar-refractivity contribution in [1.82, 2.24) is 4.90 Å². The fourth-order valence-corrected chi connectivity index (χ4v) is 3.13. The number of likely N-dealkylation sites (tertiary alicyclic amines) is 1. The van der Waals surface area contributed by atoms with Crippen molar-refractivity contribution < 1.29 is 14.6 Å². The summed E-state index contributed by atoms with van der Waals surface area (Å²) in [7, 11) is 0. The molecule has 1 fully saturated rings. The van der Waals surface area contributed by atoms with E-state index in [0.717, 1.165) is 17.3 Å². The van der Waals surface area contributed by atoms with Gasteiger partial charge in [0.25, 0.3) is 5.91 Å². The van der Waals surface area contributed by atoms with Crippen LogP contribution in [0, 0.1) is 0 Å². The van der Waals surface area contributed by atoms with Crippen molar-refractivity contribution in [2.75, 3.05) is 26.3 Å².